The van der Waals surface area contributed by atoms with E-state index >= 15 is 0 Å². The SMILES string of the molecule is O=C(COc1ccc(/C=N\NC(=O)c2ccccc2O)cc1)NC[C@H]1CCCO1. The van der Waals surface area contributed by atoms with E-state index in [-0.39, 0.29) is 29.9 Å². The topological polar surface area (TPSA) is 109 Å². The molecule has 0 spiro atoms. The van der Waals surface area contributed by atoms with Gasteiger partial charge in [-0.2, -0.15) is 5.10 Å². The molecule has 0 aliphatic carbocycles. The highest BCUT2D eigenvalue weighted by Gasteiger charge is 2.16. The average molecular weight is 397 g/mol. The number of phenolic OH excluding ortho intramolecular Hbond substituents is 1. The van der Waals surface area contributed by atoms with Crippen molar-refractivity contribution in [2.24, 2.45) is 5.10 Å². The summed E-state index contributed by atoms with van der Waals surface area (Å²) < 4.78 is 10.9. The van der Waals surface area contributed by atoms with Gasteiger partial charge in [0.25, 0.3) is 11.8 Å². The number of nitrogens with zero attached hydrogens (tertiary/aromatic N) is 1. The predicted molar refractivity (Wildman–Crippen MR) is 107 cm³/mol. The van der Waals surface area contributed by atoms with Gasteiger partial charge in [0.1, 0.15) is 11.5 Å². The number of carbonyl (C=O) groups is 2. The Bertz CT molecular complexity index is 861. The number of carbonyl (C=O) groups excluding carboxylic acids is 2. The molecule has 3 N–H and O–H groups in total. The summed E-state index contributed by atoms with van der Waals surface area (Å²) in [6.45, 7) is 1.19. The second-order valence-corrected chi connectivity index (χ2v) is 6.51. The lowest BCUT2D eigenvalue weighted by Crippen LogP contribution is -2.35. The molecule has 2 amide bonds. The molecule has 1 saturated heterocycles. The third kappa shape index (κ3) is 6.32. The molecule has 1 fully saturated rings. The fourth-order valence-electron chi connectivity index (χ4n) is 2.77. The van der Waals surface area contributed by atoms with Crippen LogP contribution in [0.1, 0.15) is 28.8 Å². The summed E-state index contributed by atoms with van der Waals surface area (Å²) in [6, 6.07) is 13.1. The largest absolute Gasteiger partial charge is 0.507 e. The number of hydrogen-bond acceptors (Lipinski definition) is 6. The summed E-state index contributed by atoms with van der Waals surface area (Å²) in [5.74, 6) is -0.263. The fraction of sp³-hybridized carbons (Fsp3) is 0.286. The third-order valence-electron chi connectivity index (χ3n) is 4.33. The molecule has 8 heteroatoms. The van der Waals surface area contributed by atoms with Crippen LogP contribution in [0.15, 0.2) is 53.6 Å². The van der Waals surface area contributed by atoms with Gasteiger partial charge in [0.15, 0.2) is 6.61 Å². The van der Waals surface area contributed by atoms with Gasteiger partial charge in [-0.25, -0.2) is 5.43 Å². The first kappa shape index (κ1) is 20.3. The molecular formula is C21H23N3O5. The molecule has 1 aliphatic rings. The Morgan fingerprint density at radius 2 is 2.00 bits per heavy atom. The number of hydrazone groups is 1. The zero-order valence-corrected chi connectivity index (χ0v) is 15.8. The second kappa shape index (κ2) is 10.2. The summed E-state index contributed by atoms with van der Waals surface area (Å²) >= 11 is 0. The Kier molecular flexibility index (Phi) is 7.18. The number of amides is 2. The van der Waals surface area contributed by atoms with Crippen molar-refractivity contribution in [1.82, 2.24) is 10.7 Å². The maximum Gasteiger partial charge on any atom is 0.275 e. The Morgan fingerprint density at radius 1 is 1.21 bits per heavy atom. The van der Waals surface area contributed by atoms with E-state index in [1.165, 1.54) is 18.3 Å². The molecule has 2 aromatic carbocycles. The number of ether oxygens (including phenoxy) is 2. The van der Waals surface area contributed by atoms with Gasteiger partial charge < -0.3 is 19.9 Å². The van der Waals surface area contributed by atoms with Crippen LogP contribution in [-0.2, 0) is 9.53 Å². The molecule has 3 rings (SSSR count). The van der Waals surface area contributed by atoms with Gasteiger partial charge in [0, 0.05) is 13.2 Å². The van der Waals surface area contributed by atoms with Crippen LogP contribution in [0.25, 0.3) is 0 Å². The van der Waals surface area contributed by atoms with Crippen LogP contribution in [-0.4, -0.2) is 49.0 Å². The van der Waals surface area contributed by atoms with Crippen LogP contribution in [0.2, 0.25) is 0 Å². The number of benzene rings is 2. The van der Waals surface area contributed by atoms with Gasteiger partial charge in [0.2, 0.25) is 0 Å². The second-order valence-electron chi connectivity index (χ2n) is 6.51. The highest BCUT2D eigenvalue weighted by Crippen LogP contribution is 2.15. The van der Waals surface area contributed by atoms with Gasteiger partial charge in [0.05, 0.1) is 17.9 Å². The van der Waals surface area contributed by atoms with E-state index < -0.39 is 5.91 Å². The van der Waals surface area contributed by atoms with Crippen molar-refractivity contribution >= 4 is 18.0 Å². The molecule has 8 nitrogen and oxygen atoms in total. The van der Waals surface area contributed by atoms with Crippen LogP contribution in [0, 0.1) is 0 Å². The van der Waals surface area contributed by atoms with Crippen molar-refractivity contribution in [1.29, 1.82) is 0 Å². The van der Waals surface area contributed by atoms with E-state index in [1.54, 1.807) is 36.4 Å². The molecule has 1 atom stereocenters. The van der Waals surface area contributed by atoms with Crippen molar-refractivity contribution in [3.63, 3.8) is 0 Å². The zero-order valence-electron chi connectivity index (χ0n) is 15.8. The summed E-state index contributed by atoms with van der Waals surface area (Å²) in [7, 11) is 0. The van der Waals surface area contributed by atoms with E-state index in [2.05, 4.69) is 15.8 Å². The van der Waals surface area contributed by atoms with Gasteiger partial charge in [-0.3, -0.25) is 9.59 Å². The minimum absolute atomic E-state index is 0.0726. The summed E-state index contributed by atoms with van der Waals surface area (Å²) in [5, 5.41) is 16.3. The van der Waals surface area contributed by atoms with Crippen molar-refractivity contribution < 1.29 is 24.2 Å². The summed E-state index contributed by atoms with van der Waals surface area (Å²) in [6.07, 6.45) is 3.57. The van der Waals surface area contributed by atoms with E-state index in [0.717, 1.165) is 25.0 Å². The smallest absolute Gasteiger partial charge is 0.275 e. The molecule has 0 unspecified atom stereocenters. The molecule has 2 aromatic rings. The number of para-hydroxylation sites is 1. The van der Waals surface area contributed by atoms with Crippen molar-refractivity contribution in [3.05, 3.63) is 59.7 Å². The number of phenols is 1. The van der Waals surface area contributed by atoms with E-state index in [1.807, 2.05) is 0 Å². The monoisotopic (exact) mass is 397 g/mol. The van der Waals surface area contributed by atoms with Gasteiger partial charge in [-0.05, 0) is 54.8 Å². The maximum atomic E-state index is 11.9. The number of aromatic hydroxyl groups is 1. The van der Waals surface area contributed by atoms with E-state index in [0.29, 0.717) is 12.3 Å². The predicted octanol–water partition coefficient (Wildman–Crippen LogP) is 1.83. The van der Waals surface area contributed by atoms with Gasteiger partial charge in [-0.1, -0.05) is 12.1 Å². The fourth-order valence-corrected chi connectivity index (χ4v) is 2.77. The van der Waals surface area contributed by atoms with Gasteiger partial charge >= 0.3 is 0 Å². The highest BCUT2D eigenvalue weighted by molar-refractivity contribution is 5.97. The molecule has 0 radical (unpaired) electrons. The lowest BCUT2D eigenvalue weighted by atomic mass is 10.2. The number of hydrogen-bond donors (Lipinski definition) is 3. The Balaban J connectivity index is 1.41. The normalized spacial score (nSPS) is 15.9. The van der Waals surface area contributed by atoms with Crippen LogP contribution >= 0.6 is 0 Å². The van der Waals surface area contributed by atoms with Crippen molar-refractivity contribution in [3.8, 4) is 11.5 Å². The standard InChI is InChI=1S/C21H23N3O5/c25-19-6-2-1-5-18(19)21(27)24-23-12-15-7-9-16(10-8-15)29-14-20(26)22-13-17-4-3-11-28-17/h1-2,5-10,12,17,25H,3-4,11,13-14H2,(H,22,26)(H,24,27)/b23-12-/t17-/m1/s1. The summed E-state index contributed by atoms with van der Waals surface area (Å²) in [4.78, 5) is 23.8. The van der Waals surface area contributed by atoms with Crippen LogP contribution < -0.4 is 15.5 Å². The first-order valence-electron chi connectivity index (χ1n) is 9.34. The maximum absolute atomic E-state index is 11.9. The molecule has 1 heterocycles. The lowest BCUT2D eigenvalue weighted by Gasteiger charge is -2.11. The van der Waals surface area contributed by atoms with E-state index in [9.17, 15) is 14.7 Å². The minimum atomic E-state index is -0.506. The molecule has 0 aromatic heterocycles. The molecule has 0 bridgehead atoms. The first-order chi connectivity index (χ1) is 14.1. The van der Waals surface area contributed by atoms with Crippen molar-refractivity contribution in [2.45, 2.75) is 18.9 Å². The first-order valence-corrected chi connectivity index (χ1v) is 9.34. The highest BCUT2D eigenvalue weighted by atomic mass is 16.5. The van der Waals surface area contributed by atoms with Crippen LogP contribution in [0.3, 0.4) is 0 Å². The summed E-state index contributed by atoms with van der Waals surface area (Å²) in [5.41, 5.74) is 3.23. The molecule has 0 saturated carbocycles. The average Bonchev–Trinajstić information content (AvgIpc) is 3.25. The Labute approximate surface area is 168 Å². The lowest BCUT2D eigenvalue weighted by molar-refractivity contribution is -0.123. The molecule has 152 valence electrons. The quantitative estimate of drug-likeness (QED) is 0.465. The zero-order chi connectivity index (χ0) is 20.5. The number of nitrogens with one attached hydrogen (secondary N) is 2. The third-order valence-corrected chi connectivity index (χ3v) is 4.33. The molecule has 1 aliphatic heterocycles. The molecule has 29 heavy (non-hydrogen) atoms. The van der Waals surface area contributed by atoms with Gasteiger partial charge in [-0.15, -0.1) is 0 Å². The Hall–Kier alpha value is -3.39. The van der Waals surface area contributed by atoms with Crippen molar-refractivity contribution in [2.75, 3.05) is 19.8 Å². The minimum Gasteiger partial charge on any atom is -0.507 e. The Morgan fingerprint density at radius 3 is 2.72 bits per heavy atom. The van der Waals surface area contributed by atoms with E-state index in [4.69, 9.17) is 9.47 Å². The van der Waals surface area contributed by atoms with Crippen LogP contribution in [0.5, 0.6) is 11.5 Å². The number of rotatable bonds is 8. The van der Waals surface area contributed by atoms with Crippen LogP contribution in [0.4, 0.5) is 0 Å². The molecular weight excluding hydrogens is 374 g/mol.